The molecule has 0 N–H and O–H groups in total. The molecule has 0 aliphatic heterocycles. The van der Waals surface area contributed by atoms with Crippen LogP contribution in [0, 0.1) is 11.3 Å². The van der Waals surface area contributed by atoms with Gasteiger partial charge in [0.25, 0.3) is 5.91 Å². The number of carbonyl (C=O) groups is 1. The van der Waals surface area contributed by atoms with Crippen LogP contribution in [0.5, 0.6) is 0 Å². The Kier molecular flexibility index (Phi) is 6.11. The Morgan fingerprint density at radius 2 is 1.78 bits per heavy atom. The Morgan fingerprint density at radius 3 is 2.17 bits per heavy atom. The van der Waals surface area contributed by atoms with Gasteiger partial charge in [0.05, 0.1) is 18.7 Å². The van der Waals surface area contributed by atoms with Crippen molar-refractivity contribution in [3.63, 3.8) is 0 Å². The summed E-state index contributed by atoms with van der Waals surface area (Å²) >= 11 is 0. The van der Waals surface area contributed by atoms with Gasteiger partial charge in [0.2, 0.25) is 0 Å². The molecule has 1 amide bonds. The molecule has 1 aromatic carbocycles. The first-order chi connectivity index (χ1) is 10.5. The fourth-order valence-corrected chi connectivity index (χ4v) is 2.90. The van der Waals surface area contributed by atoms with Gasteiger partial charge in [-0.25, -0.2) is 5.06 Å². The lowest BCUT2D eigenvalue weighted by Crippen LogP contribution is -2.45. The Hall–Kier alpha value is -1.68. The van der Waals surface area contributed by atoms with Crippen LogP contribution in [0.1, 0.15) is 38.0 Å². The van der Waals surface area contributed by atoms with Gasteiger partial charge in [-0.3, -0.25) is 9.63 Å². The molecule has 1 aromatic rings. The second kappa shape index (κ2) is 7.26. The van der Waals surface area contributed by atoms with Crippen LogP contribution in [-0.2, 0) is 14.1 Å². The van der Waals surface area contributed by atoms with E-state index >= 15 is 0 Å². The zero-order chi connectivity index (χ0) is 17.8. The van der Waals surface area contributed by atoms with E-state index in [1.807, 2.05) is 0 Å². The third kappa shape index (κ3) is 4.64. The van der Waals surface area contributed by atoms with Gasteiger partial charge in [-0.1, -0.05) is 32.9 Å². The largest absolute Gasteiger partial charge is 0.401 e. The second-order valence-corrected chi connectivity index (χ2v) is 11.8. The number of likely N-dealkylation sites (N-methyl/N-ethyl adjacent to an activating group) is 1. The van der Waals surface area contributed by atoms with E-state index in [-0.39, 0.29) is 10.9 Å². The topological polar surface area (TPSA) is 62.6 Å². The summed E-state index contributed by atoms with van der Waals surface area (Å²) in [5.74, 6) is -0.262. The minimum absolute atomic E-state index is 0.0240. The number of nitriles is 1. The normalized spacial score (nSPS) is 13.3. The lowest BCUT2D eigenvalue weighted by Gasteiger charge is -2.39. The standard InChI is InChI=1S/C17H26N2O3Si/c1-17(2,3)23(6,7)22-15(16(20)19(4)21-5)14-10-8-13(12-18)9-11-14/h8-11,15H,1-7H3. The van der Waals surface area contributed by atoms with E-state index in [1.165, 1.54) is 12.2 Å². The minimum atomic E-state index is -2.16. The number of hydrogen-bond acceptors (Lipinski definition) is 4. The highest BCUT2D eigenvalue weighted by molar-refractivity contribution is 6.74. The summed E-state index contributed by atoms with van der Waals surface area (Å²) in [6.45, 7) is 10.6. The van der Waals surface area contributed by atoms with Crippen LogP contribution in [-0.4, -0.2) is 33.4 Å². The Labute approximate surface area is 139 Å². The lowest BCUT2D eigenvalue weighted by molar-refractivity contribution is -0.177. The number of nitrogens with zero attached hydrogens (tertiary/aromatic N) is 2. The predicted molar refractivity (Wildman–Crippen MR) is 92.0 cm³/mol. The molecule has 5 nitrogen and oxygen atoms in total. The minimum Gasteiger partial charge on any atom is -0.401 e. The Morgan fingerprint density at radius 1 is 1.26 bits per heavy atom. The quantitative estimate of drug-likeness (QED) is 0.609. The number of hydroxylamine groups is 2. The molecule has 0 aliphatic carbocycles. The molecule has 0 saturated carbocycles. The molecule has 1 unspecified atom stereocenters. The van der Waals surface area contributed by atoms with Crippen molar-refractivity contribution in [2.24, 2.45) is 0 Å². The third-order valence-electron chi connectivity index (χ3n) is 4.37. The number of carbonyl (C=O) groups excluding carboxylic acids is 1. The summed E-state index contributed by atoms with van der Waals surface area (Å²) in [6, 6.07) is 8.98. The van der Waals surface area contributed by atoms with Crippen molar-refractivity contribution >= 4 is 14.2 Å². The van der Waals surface area contributed by atoms with E-state index < -0.39 is 14.4 Å². The first kappa shape index (κ1) is 19.4. The molecule has 0 heterocycles. The van der Waals surface area contributed by atoms with Gasteiger partial charge in [0.15, 0.2) is 14.4 Å². The van der Waals surface area contributed by atoms with Gasteiger partial charge in [-0.05, 0) is 35.8 Å². The fraction of sp³-hybridized carbons (Fsp3) is 0.529. The molecule has 1 rings (SSSR count). The SMILES string of the molecule is CON(C)C(=O)C(O[Si](C)(C)C(C)(C)C)c1ccc(C#N)cc1. The van der Waals surface area contributed by atoms with Gasteiger partial charge >= 0.3 is 0 Å². The smallest absolute Gasteiger partial charge is 0.278 e. The molecule has 0 aromatic heterocycles. The summed E-state index contributed by atoms with van der Waals surface area (Å²) in [5, 5.41) is 10.1. The van der Waals surface area contributed by atoms with Crippen LogP contribution in [0.3, 0.4) is 0 Å². The maximum Gasteiger partial charge on any atom is 0.278 e. The number of rotatable bonds is 5. The third-order valence-corrected chi connectivity index (χ3v) is 8.81. The summed E-state index contributed by atoms with van der Waals surface area (Å²) in [7, 11) is 0.846. The van der Waals surface area contributed by atoms with Crippen LogP contribution in [0.25, 0.3) is 0 Å². The second-order valence-electron chi connectivity index (χ2n) is 7.01. The molecule has 23 heavy (non-hydrogen) atoms. The first-order valence-electron chi connectivity index (χ1n) is 7.53. The summed E-state index contributed by atoms with van der Waals surface area (Å²) in [5.41, 5.74) is 1.27. The van der Waals surface area contributed by atoms with Crippen LogP contribution >= 0.6 is 0 Å². The van der Waals surface area contributed by atoms with Crippen molar-refractivity contribution < 1.29 is 14.1 Å². The summed E-state index contributed by atoms with van der Waals surface area (Å²) in [4.78, 5) is 17.7. The molecular weight excluding hydrogens is 308 g/mol. The van der Waals surface area contributed by atoms with Crippen LogP contribution in [0.2, 0.25) is 18.1 Å². The first-order valence-corrected chi connectivity index (χ1v) is 10.4. The van der Waals surface area contributed by atoms with Crippen molar-refractivity contribution in [2.45, 2.75) is 45.0 Å². The van der Waals surface area contributed by atoms with E-state index in [2.05, 4.69) is 39.9 Å². The molecule has 1 atom stereocenters. The van der Waals surface area contributed by atoms with E-state index in [9.17, 15) is 4.79 Å². The van der Waals surface area contributed by atoms with Crippen molar-refractivity contribution in [2.75, 3.05) is 14.2 Å². The number of benzene rings is 1. The molecule has 0 aliphatic rings. The summed E-state index contributed by atoms with van der Waals surface area (Å²) in [6.07, 6.45) is -0.742. The highest BCUT2D eigenvalue weighted by Crippen LogP contribution is 2.40. The number of hydrogen-bond donors (Lipinski definition) is 0. The van der Waals surface area contributed by atoms with Gasteiger partial charge in [-0.2, -0.15) is 5.26 Å². The highest BCUT2D eigenvalue weighted by Gasteiger charge is 2.41. The zero-order valence-corrected chi connectivity index (χ0v) is 16.0. The molecule has 0 bridgehead atoms. The molecule has 126 valence electrons. The number of amides is 1. The molecule has 0 radical (unpaired) electrons. The zero-order valence-electron chi connectivity index (χ0n) is 15.0. The van der Waals surface area contributed by atoms with Crippen molar-refractivity contribution in [3.05, 3.63) is 35.4 Å². The Bertz CT molecular complexity index is 585. The van der Waals surface area contributed by atoms with Crippen molar-refractivity contribution in [1.82, 2.24) is 5.06 Å². The van der Waals surface area contributed by atoms with E-state index in [1.54, 1.807) is 31.3 Å². The average molecular weight is 334 g/mol. The van der Waals surface area contributed by atoms with E-state index in [4.69, 9.17) is 14.5 Å². The fourth-order valence-electron chi connectivity index (χ4n) is 1.72. The molecule has 0 spiro atoms. The van der Waals surface area contributed by atoms with Gasteiger partial charge < -0.3 is 4.43 Å². The van der Waals surface area contributed by atoms with Crippen molar-refractivity contribution in [1.29, 1.82) is 5.26 Å². The maximum absolute atomic E-state index is 12.7. The molecule has 0 fully saturated rings. The van der Waals surface area contributed by atoms with Gasteiger partial charge in [-0.15, -0.1) is 0 Å². The average Bonchev–Trinajstić information content (AvgIpc) is 2.50. The van der Waals surface area contributed by atoms with Crippen LogP contribution in [0.4, 0.5) is 0 Å². The van der Waals surface area contributed by atoms with Crippen LogP contribution < -0.4 is 0 Å². The molecular formula is C17H26N2O3Si. The van der Waals surface area contributed by atoms with Crippen molar-refractivity contribution in [3.8, 4) is 6.07 Å². The lowest BCUT2D eigenvalue weighted by atomic mass is 10.1. The van der Waals surface area contributed by atoms with E-state index in [0.29, 0.717) is 5.56 Å². The Balaban J connectivity index is 3.22. The van der Waals surface area contributed by atoms with Gasteiger partial charge in [0, 0.05) is 7.05 Å². The monoisotopic (exact) mass is 334 g/mol. The summed E-state index contributed by atoms with van der Waals surface area (Å²) < 4.78 is 6.33. The maximum atomic E-state index is 12.7. The molecule has 0 saturated heterocycles. The highest BCUT2D eigenvalue weighted by atomic mass is 28.4. The van der Waals surface area contributed by atoms with E-state index in [0.717, 1.165) is 5.56 Å². The molecule has 6 heteroatoms. The van der Waals surface area contributed by atoms with Gasteiger partial charge in [0.1, 0.15) is 0 Å². The predicted octanol–water partition coefficient (Wildman–Crippen LogP) is 3.64. The van der Waals surface area contributed by atoms with Crippen LogP contribution in [0.15, 0.2) is 24.3 Å².